The highest BCUT2D eigenvalue weighted by Gasteiger charge is 2.11. The van der Waals surface area contributed by atoms with Gasteiger partial charge in [-0.25, -0.2) is 0 Å². The van der Waals surface area contributed by atoms with Crippen LogP contribution in [0.3, 0.4) is 0 Å². The summed E-state index contributed by atoms with van der Waals surface area (Å²) in [7, 11) is 0. The van der Waals surface area contributed by atoms with Gasteiger partial charge >= 0.3 is 0 Å². The molecule has 0 aliphatic rings. The molecule has 98 valence electrons. The average Bonchev–Trinajstić information content (AvgIpc) is 2.32. The zero-order valence-corrected chi connectivity index (χ0v) is 12.9. The molecule has 0 heterocycles. The van der Waals surface area contributed by atoms with Gasteiger partial charge in [-0.15, -0.1) is 12.3 Å². The number of unbranched alkanes of at least 4 members (excludes halogenated alkanes) is 1. The van der Waals surface area contributed by atoms with Crippen LogP contribution >= 0.6 is 15.9 Å². The van der Waals surface area contributed by atoms with Crippen molar-refractivity contribution in [3.63, 3.8) is 0 Å². The molecule has 0 aliphatic heterocycles. The molecule has 0 saturated heterocycles. The van der Waals surface area contributed by atoms with E-state index in [4.69, 9.17) is 6.42 Å². The summed E-state index contributed by atoms with van der Waals surface area (Å²) in [6, 6.07) is 7.01. The second-order valence-corrected chi connectivity index (χ2v) is 5.58. The Hall–Kier alpha value is -0.780. The second-order valence-electron chi connectivity index (χ2n) is 4.66. The van der Waals surface area contributed by atoms with E-state index in [1.54, 1.807) is 0 Å². The van der Waals surface area contributed by atoms with Gasteiger partial charge in [0.15, 0.2) is 0 Å². The molecule has 0 spiro atoms. The van der Waals surface area contributed by atoms with Crippen LogP contribution in [0.4, 0.5) is 0 Å². The Morgan fingerprint density at radius 1 is 1.39 bits per heavy atom. The molecule has 1 aromatic rings. The van der Waals surface area contributed by atoms with E-state index in [0.717, 1.165) is 36.7 Å². The third-order valence-electron chi connectivity index (χ3n) is 2.92. The van der Waals surface area contributed by atoms with Crippen molar-refractivity contribution >= 4 is 15.9 Å². The highest BCUT2D eigenvalue weighted by molar-refractivity contribution is 9.10. The third kappa shape index (κ3) is 5.25. The first kappa shape index (κ1) is 15.3. The van der Waals surface area contributed by atoms with Gasteiger partial charge in [-0.05, 0) is 56.0 Å². The van der Waals surface area contributed by atoms with E-state index in [0.29, 0.717) is 6.04 Å². The molecule has 0 bridgehead atoms. The summed E-state index contributed by atoms with van der Waals surface area (Å²) in [5.41, 5.74) is 2.65. The summed E-state index contributed by atoms with van der Waals surface area (Å²) in [4.78, 5) is 0. The van der Waals surface area contributed by atoms with Crippen LogP contribution in [0.2, 0.25) is 0 Å². The van der Waals surface area contributed by atoms with Gasteiger partial charge in [0.1, 0.15) is 0 Å². The average molecular weight is 308 g/mol. The molecule has 1 unspecified atom stereocenters. The minimum absolute atomic E-state index is 0.412. The molecule has 0 amide bonds. The lowest BCUT2D eigenvalue weighted by Crippen LogP contribution is -2.22. The maximum absolute atomic E-state index is 5.32. The second kappa shape index (κ2) is 8.34. The largest absolute Gasteiger partial charge is 0.310 e. The van der Waals surface area contributed by atoms with E-state index in [1.165, 1.54) is 11.1 Å². The number of rotatable bonds is 7. The fourth-order valence-corrected chi connectivity index (χ4v) is 2.70. The summed E-state index contributed by atoms with van der Waals surface area (Å²) in [6.45, 7) is 5.37. The van der Waals surface area contributed by atoms with Crippen LogP contribution in [0, 0.1) is 19.3 Å². The van der Waals surface area contributed by atoms with Crippen molar-refractivity contribution in [3.8, 4) is 12.3 Å². The molecule has 0 aliphatic carbocycles. The maximum Gasteiger partial charge on any atom is 0.0321 e. The topological polar surface area (TPSA) is 12.0 Å². The van der Waals surface area contributed by atoms with Gasteiger partial charge < -0.3 is 5.32 Å². The Balaban J connectivity index is 2.76. The van der Waals surface area contributed by atoms with Crippen molar-refractivity contribution in [1.29, 1.82) is 0 Å². The van der Waals surface area contributed by atoms with Crippen molar-refractivity contribution < 1.29 is 0 Å². The van der Waals surface area contributed by atoms with Crippen molar-refractivity contribution in [1.82, 2.24) is 5.32 Å². The van der Waals surface area contributed by atoms with Gasteiger partial charge in [0, 0.05) is 16.9 Å². The summed E-state index contributed by atoms with van der Waals surface area (Å²) < 4.78 is 1.15. The molecule has 1 aromatic carbocycles. The van der Waals surface area contributed by atoms with Crippen molar-refractivity contribution in [2.75, 3.05) is 6.54 Å². The lowest BCUT2D eigenvalue weighted by molar-refractivity contribution is 0.487. The van der Waals surface area contributed by atoms with Crippen LogP contribution in [0.5, 0.6) is 0 Å². The monoisotopic (exact) mass is 307 g/mol. The van der Waals surface area contributed by atoms with Crippen LogP contribution in [0.15, 0.2) is 22.7 Å². The summed E-state index contributed by atoms with van der Waals surface area (Å²) in [6.07, 6.45) is 9.50. The molecule has 2 heteroatoms. The maximum atomic E-state index is 5.32. The number of benzene rings is 1. The van der Waals surface area contributed by atoms with E-state index in [-0.39, 0.29) is 0 Å². The van der Waals surface area contributed by atoms with Crippen LogP contribution in [-0.2, 0) is 0 Å². The van der Waals surface area contributed by atoms with Crippen molar-refractivity contribution in [3.05, 3.63) is 33.8 Å². The number of halogens is 1. The zero-order valence-electron chi connectivity index (χ0n) is 11.3. The number of hydrogen-bond donors (Lipinski definition) is 1. The highest BCUT2D eigenvalue weighted by Crippen LogP contribution is 2.24. The molecule has 0 aromatic heterocycles. The van der Waals surface area contributed by atoms with E-state index >= 15 is 0 Å². The molecule has 1 nitrogen and oxygen atoms in total. The van der Waals surface area contributed by atoms with Gasteiger partial charge in [0.25, 0.3) is 0 Å². The predicted octanol–water partition coefficient (Wildman–Crippen LogP) is 4.60. The summed E-state index contributed by atoms with van der Waals surface area (Å²) in [5, 5.41) is 3.61. The van der Waals surface area contributed by atoms with Gasteiger partial charge in [-0.1, -0.05) is 28.9 Å². The van der Waals surface area contributed by atoms with Crippen molar-refractivity contribution in [2.24, 2.45) is 0 Å². The quantitative estimate of drug-likeness (QED) is 0.573. The Morgan fingerprint density at radius 2 is 2.17 bits per heavy atom. The Labute approximate surface area is 119 Å². The molecule has 0 fully saturated rings. The molecule has 1 rings (SSSR count). The van der Waals surface area contributed by atoms with Crippen LogP contribution < -0.4 is 5.32 Å². The lowest BCUT2D eigenvalue weighted by atomic mass is 9.99. The lowest BCUT2D eigenvalue weighted by Gasteiger charge is -2.19. The fourth-order valence-electron chi connectivity index (χ4n) is 2.08. The van der Waals surface area contributed by atoms with Gasteiger partial charge in [0.05, 0.1) is 0 Å². The van der Waals surface area contributed by atoms with E-state index in [2.05, 4.69) is 59.2 Å². The SMILES string of the molecule is C#CCCCC(NCCC)c1cc(C)cc(Br)c1. The molecular formula is C16H22BrN. The Morgan fingerprint density at radius 3 is 2.78 bits per heavy atom. The fraction of sp³-hybridized carbons (Fsp3) is 0.500. The van der Waals surface area contributed by atoms with Crippen LogP contribution in [0.1, 0.15) is 49.8 Å². The number of nitrogens with one attached hydrogen (secondary N) is 1. The normalized spacial score (nSPS) is 12.1. The van der Waals surface area contributed by atoms with E-state index in [1.807, 2.05) is 0 Å². The molecule has 18 heavy (non-hydrogen) atoms. The number of terminal acetylenes is 1. The Kier molecular flexibility index (Phi) is 7.08. The third-order valence-corrected chi connectivity index (χ3v) is 3.38. The van der Waals surface area contributed by atoms with Gasteiger partial charge in [0.2, 0.25) is 0 Å². The first-order valence-corrected chi connectivity index (χ1v) is 7.40. The van der Waals surface area contributed by atoms with E-state index in [9.17, 15) is 0 Å². The number of aryl methyl sites for hydroxylation is 1. The minimum atomic E-state index is 0.412. The first-order chi connectivity index (χ1) is 8.67. The van der Waals surface area contributed by atoms with Gasteiger partial charge in [-0.2, -0.15) is 0 Å². The Bertz CT molecular complexity index is 386. The standard InChI is InChI=1S/C16H22BrN/c1-4-6-7-8-16(18-9-5-2)14-10-13(3)11-15(17)12-14/h1,10-12,16,18H,5-9H2,2-3H3. The van der Waals surface area contributed by atoms with Crippen molar-refractivity contribution in [2.45, 2.75) is 45.6 Å². The van der Waals surface area contributed by atoms with Crippen LogP contribution in [-0.4, -0.2) is 6.54 Å². The highest BCUT2D eigenvalue weighted by atomic mass is 79.9. The molecule has 0 saturated carbocycles. The summed E-state index contributed by atoms with van der Waals surface area (Å²) in [5.74, 6) is 2.72. The molecule has 1 atom stereocenters. The smallest absolute Gasteiger partial charge is 0.0321 e. The molecule has 1 N–H and O–H groups in total. The van der Waals surface area contributed by atoms with E-state index < -0.39 is 0 Å². The number of hydrogen-bond acceptors (Lipinski definition) is 1. The summed E-state index contributed by atoms with van der Waals surface area (Å²) >= 11 is 3.57. The zero-order chi connectivity index (χ0) is 13.4. The molecule has 0 radical (unpaired) electrons. The first-order valence-electron chi connectivity index (χ1n) is 6.61. The minimum Gasteiger partial charge on any atom is -0.310 e. The van der Waals surface area contributed by atoms with Crippen LogP contribution in [0.25, 0.3) is 0 Å². The molecular weight excluding hydrogens is 286 g/mol. The van der Waals surface area contributed by atoms with Gasteiger partial charge in [-0.3, -0.25) is 0 Å². The predicted molar refractivity (Wildman–Crippen MR) is 82.6 cm³/mol.